The van der Waals surface area contributed by atoms with E-state index in [0.29, 0.717) is 0 Å². The molecule has 0 fully saturated rings. The molecule has 15 heavy (non-hydrogen) atoms. The molecule has 0 aliphatic heterocycles. The van der Waals surface area contributed by atoms with E-state index in [-0.39, 0.29) is 5.41 Å². The number of nitrogens with zero attached hydrogens (tertiary/aromatic N) is 2. The van der Waals surface area contributed by atoms with Gasteiger partial charge in [-0.2, -0.15) is 5.26 Å². The zero-order valence-electron chi connectivity index (χ0n) is 10.8. The second-order valence-electron chi connectivity index (χ2n) is 4.89. The lowest BCUT2D eigenvalue weighted by atomic mass is 9.89. The van der Waals surface area contributed by atoms with Crippen LogP contribution in [0.15, 0.2) is 0 Å². The molecule has 0 bridgehead atoms. The van der Waals surface area contributed by atoms with E-state index >= 15 is 0 Å². The molecule has 0 rings (SSSR count). The van der Waals surface area contributed by atoms with Gasteiger partial charge in [-0.1, -0.05) is 20.3 Å². The van der Waals surface area contributed by atoms with Crippen LogP contribution in [0.3, 0.4) is 0 Å². The van der Waals surface area contributed by atoms with E-state index in [1.54, 1.807) is 0 Å². The molecule has 0 spiro atoms. The number of hydrogen-bond acceptors (Lipinski definition) is 2. The van der Waals surface area contributed by atoms with E-state index < -0.39 is 0 Å². The Morgan fingerprint density at radius 3 is 2.27 bits per heavy atom. The zero-order valence-corrected chi connectivity index (χ0v) is 10.8. The Morgan fingerprint density at radius 2 is 1.80 bits per heavy atom. The van der Waals surface area contributed by atoms with Crippen LogP contribution in [0.5, 0.6) is 0 Å². The van der Waals surface area contributed by atoms with Crippen molar-refractivity contribution in [2.75, 3.05) is 19.6 Å². The van der Waals surface area contributed by atoms with Crippen LogP contribution in [-0.4, -0.2) is 24.5 Å². The topological polar surface area (TPSA) is 27.0 Å². The fourth-order valence-electron chi connectivity index (χ4n) is 1.70. The van der Waals surface area contributed by atoms with Gasteiger partial charge in [0.1, 0.15) is 0 Å². The van der Waals surface area contributed by atoms with Gasteiger partial charge >= 0.3 is 0 Å². The first-order chi connectivity index (χ1) is 7.05. The summed E-state index contributed by atoms with van der Waals surface area (Å²) in [6.07, 6.45) is 4.64. The van der Waals surface area contributed by atoms with Crippen LogP contribution in [0.4, 0.5) is 0 Å². The molecular formula is C13H26N2. The van der Waals surface area contributed by atoms with Crippen LogP contribution in [0.2, 0.25) is 0 Å². The minimum absolute atomic E-state index is 0.137. The molecule has 0 atom stereocenters. The van der Waals surface area contributed by atoms with Crippen molar-refractivity contribution < 1.29 is 0 Å². The normalized spacial score (nSPS) is 11.7. The largest absolute Gasteiger partial charge is 0.304 e. The summed E-state index contributed by atoms with van der Waals surface area (Å²) in [5, 5.41) is 8.87. The Bertz CT molecular complexity index is 191. The lowest BCUT2D eigenvalue weighted by Crippen LogP contribution is -2.25. The highest BCUT2D eigenvalue weighted by Gasteiger charge is 2.15. The average molecular weight is 210 g/mol. The van der Waals surface area contributed by atoms with Crippen LogP contribution in [0.25, 0.3) is 0 Å². The van der Waals surface area contributed by atoms with E-state index in [0.717, 1.165) is 13.0 Å². The van der Waals surface area contributed by atoms with Gasteiger partial charge in [0.25, 0.3) is 0 Å². The molecule has 0 unspecified atom stereocenters. The molecule has 0 aromatic heterocycles. The molecule has 2 nitrogen and oxygen atoms in total. The molecule has 0 aliphatic carbocycles. The monoisotopic (exact) mass is 210 g/mol. The van der Waals surface area contributed by atoms with Crippen LogP contribution >= 0.6 is 0 Å². The van der Waals surface area contributed by atoms with Crippen LogP contribution < -0.4 is 0 Å². The van der Waals surface area contributed by atoms with Gasteiger partial charge in [-0.25, -0.2) is 0 Å². The highest BCUT2D eigenvalue weighted by molar-refractivity contribution is 4.91. The minimum atomic E-state index is -0.137. The molecular weight excluding hydrogens is 184 g/mol. The van der Waals surface area contributed by atoms with Crippen molar-refractivity contribution in [2.45, 2.75) is 53.4 Å². The maximum absolute atomic E-state index is 8.87. The first kappa shape index (κ1) is 14.5. The van der Waals surface area contributed by atoms with Crippen molar-refractivity contribution in [1.29, 1.82) is 5.26 Å². The van der Waals surface area contributed by atoms with Gasteiger partial charge in [-0.15, -0.1) is 0 Å². The Hall–Kier alpha value is -0.550. The second-order valence-corrected chi connectivity index (χ2v) is 4.89. The van der Waals surface area contributed by atoms with Crippen molar-refractivity contribution >= 4 is 0 Å². The second kappa shape index (κ2) is 7.70. The lowest BCUT2D eigenvalue weighted by molar-refractivity contribution is 0.275. The first-order valence-electron chi connectivity index (χ1n) is 6.19. The van der Waals surface area contributed by atoms with E-state index in [1.165, 1.54) is 32.4 Å². The predicted octanol–water partition coefficient (Wildman–Crippen LogP) is 3.44. The minimum Gasteiger partial charge on any atom is -0.304 e. The Labute approximate surface area is 95.3 Å². The Morgan fingerprint density at radius 1 is 1.13 bits per heavy atom. The summed E-state index contributed by atoms with van der Waals surface area (Å²) in [6.45, 7) is 12.0. The first-order valence-corrected chi connectivity index (χ1v) is 6.19. The molecule has 0 saturated heterocycles. The van der Waals surface area contributed by atoms with E-state index in [4.69, 9.17) is 5.26 Å². The summed E-state index contributed by atoms with van der Waals surface area (Å²) < 4.78 is 0. The van der Waals surface area contributed by atoms with Gasteiger partial charge < -0.3 is 4.90 Å². The van der Waals surface area contributed by atoms with Crippen LogP contribution in [-0.2, 0) is 0 Å². The maximum Gasteiger partial charge on any atom is 0.0683 e. The van der Waals surface area contributed by atoms with Gasteiger partial charge in [0.2, 0.25) is 0 Å². The SMILES string of the molecule is CCCN(CC)CCCCC(C)(C)C#N. The molecule has 0 aromatic rings. The highest BCUT2D eigenvalue weighted by atomic mass is 15.1. The van der Waals surface area contributed by atoms with Gasteiger partial charge in [0.15, 0.2) is 0 Å². The fourth-order valence-corrected chi connectivity index (χ4v) is 1.70. The van der Waals surface area contributed by atoms with E-state index in [2.05, 4.69) is 24.8 Å². The van der Waals surface area contributed by atoms with Gasteiger partial charge in [0.05, 0.1) is 11.5 Å². The molecule has 0 heterocycles. The van der Waals surface area contributed by atoms with Crippen molar-refractivity contribution in [2.24, 2.45) is 5.41 Å². The molecule has 0 radical (unpaired) electrons. The molecule has 0 saturated carbocycles. The third kappa shape index (κ3) is 7.39. The van der Waals surface area contributed by atoms with Crippen molar-refractivity contribution in [3.05, 3.63) is 0 Å². The molecule has 0 aliphatic rings. The number of hydrogen-bond donors (Lipinski definition) is 0. The number of nitriles is 1. The third-order valence-corrected chi connectivity index (χ3v) is 2.82. The summed E-state index contributed by atoms with van der Waals surface area (Å²) in [5.74, 6) is 0. The van der Waals surface area contributed by atoms with E-state index in [1.807, 2.05) is 13.8 Å². The summed E-state index contributed by atoms with van der Waals surface area (Å²) in [5.41, 5.74) is -0.137. The van der Waals surface area contributed by atoms with Gasteiger partial charge in [0, 0.05) is 0 Å². The molecule has 0 amide bonds. The van der Waals surface area contributed by atoms with Crippen LogP contribution in [0, 0.1) is 16.7 Å². The van der Waals surface area contributed by atoms with Crippen LogP contribution in [0.1, 0.15) is 53.4 Å². The van der Waals surface area contributed by atoms with E-state index in [9.17, 15) is 0 Å². The zero-order chi connectivity index (χ0) is 11.7. The molecule has 0 aromatic carbocycles. The third-order valence-electron chi connectivity index (χ3n) is 2.82. The molecule has 0 N–H and O–H groups in total. The maximum atomic E-state index is 8.87. The predicted molar refractivity (Wildman–Crippen MR) is 65.7 cm³/mol. The number of unbranched alkanes of at least 4 members (excludes halogenated alkanes) is 1. The summed E-state index contributed by atoms with van der Waals surface area (Å²) in [6, 6.07) is 2.35. The summed E-state index contributed by atoms with van der Waals surface area (Å²) >= 11 is 0. The summed E-state index contributed by atoms with van der Waals surface area (Å²) in [4.78, 5) is 2.49. The fraction of sp³-hybridized carbons (Fsp3) is 0.923. The van der Waals surface area contributed by atoms with Crippen molar-refractivity contribution in [3.8, 4) is 6.07 Å². The quantitative estimate of drug-likeness (QED) is 0.574. The smallest absolute Gasteiger partial charge is 0.0683 e. The highest BCUT2D eigenvalue weighted by Crippen LogP contribution is 2.21. The standard InChI is InChI=1S/C13H26N2/c1-5-10-15(6-2)11-8-7-9-13(3,4)12-14/h5-11H2,1-4H3. The lowest BCUT2D eigenvalue weighted by Gasteiger charge is -2.20. The molecule has 2 heteroatoms. The summed E-state index contributed by atoms with van der Waals surface area (Å²) in [7, 11) is 0. The van der Waals surface area contributed by atoms with Gasteiger partial charge in [-0.05, 0) is 52.7 Å². The number of rotatable bonds is 8. The van der Waals surface area contributed by atoms with Crippen molar-refractivity contribution in [1.82, 2.24) is 4.90 Å². The average Bonchev–Trinajstić information content (AvgIpc) is 2.22. The Kier molecular flexibility index (Phi) is 7.42. The molecule has 88 valence electrons. The van der Waals surface area contributed by atoms with Gasteiger partial charge in [-0.3, -0.25) is 0 Å². The Balaban J connectivity index is 3.57. The van der Waals surface area contributed by atoms with Crippen molar-refractivity contribution in [3.63, 3.8) is 0 Å².